The molecule has 2 aromatic rings. The number of hydrogen-bond acceptors (Lipinski definition) is 3. The summed E-state index contributed by atoms with van der Waals surface area (Å²) in [5.74, 6) is 0.0515. The number of alkyl halides is 3. The minimum atomic E-state index is -4.50. The summed E-state index contributed by atoms with van der Waals surface area (Å²) in [6.45, 7) is 0. The van der Waals surface area contributed by atoms with E-state index in [2.05, 4.69) is 20.5 Å². The van der Waals surface area contributed by atoms with E-state index in [0.29, 0.717) is 5.39 Å². The number of H-pyrrole nitrogens is 1. The lowest BCUT2D eigenvalue weighted by Crippen LogP contribution is -2.13. The zero-order chi connectivity index (χ0) is 13.6. The van der Waals surface area contributed by atoms with Crippen molar-refractivity contribution in [3.8, 4) is 0 Å². The summed E-state index contributed by atoms with van der Waals surface area (Å²) in [5, 5.41) is 9.12. The Bertz CT molecular complexity index is 645. The lowest BCUT2D eigenvalue weighted by molar-refractivity contribution is -0.141. The van der Waals surface area contributed by atoms with Gasteiger partial charge in [-0.05, 0) is 25.0 Å². The molecule has 100 valence electrons. The molecule has 2 aromatic heterocycles. The lowest BCUT2D eigenvalue weighted by atomic mass is 10.2. The number of anilines is 1. The first-order chi connectivity index (χ1) is 8.95. The van der Waals surface area contributed by atoms with Crippen LogP contribution in [0.3, 0.4) is 0 Å². The molecule has 1 amide bonds. The third-order valence-electron chi connectivity index (χ3n) is 2.90. The van der Waals surface area contributed by atoms with Crippen molar-refractivity contribution in [2.75, 3.05) is 5.32 Å². The van der Waals surface area contributed by atoms with Gasteiger partial charge in [0.1, 0.15) is 5.69 Å². The van der Waals surface area contributed by atoms with Gasteiger partial charge in [0.2, 0.25) is 5.91 Å². The van der Waals surface area contributed by atoms with Crippen LogP contribution in [0.5, 0.6) is 0 Å². The van der Waals surface area contributed by atoms with E-state index in [0.717, 1.165) is 18.9 Å². The number of nitrogens with zero attached hydrogens (tertiary/aromatic N) is 2. The van der Waals surface area contributed by atoms with Crippen LogP contribution in [0.15, 0.2) is 12.1 Å². The molecular weight excluding hydrogens is 261 g/mol. The molecule has 0 bridgehead atoms. The topological polar surface area (TPSA) is 70.7 Å². The number of nitrogens with one attached hydrogen (secondary N) is 2. The van der Waals surface area contributed by atoms with Gasteiger partial charge in [-0.25, -0.2) is 4.98 Å². The molecule has 0 spiro atoms. The Kier molecular flexibility index (Phi) is 2.48. The molecule has 0 aliphatic heterocycles. The monoisotopic (exact) mass is 270 g/mol. The second-order valence-corrected chi connectivity index (χ2v) is 4.43. The Morgan fingerprint density at radius 3 is 2.74 bits per heavy atom. The van der Waals surface area contributed by atoms with Gasteiger partial charge in [0, 0.05) is 5.92 Å². The van der Waals surface area contributed by atoms with Crippen molar-refractivity contribution in [1.82, 2.24) is 15.2 Å². The normalized spacial score (nSPS) is 15.7. The number of halogens is 3. The lowest BCUT2D eigenvalue weighted by Gasteiger charge is -2.05. The second kappa shape index (κ2) is 3.94. The molecule has 3 rings (SSSR count). The number of aromatic amines is 1. The number of rotatable bonds is 2. The van der Waals surface area contributed by atoms with Crippen molar-refractivity contribution in [3.63, 3.8) is 0 Å². The molecular formula is C11H9F3N4O. The Hall–Kier alpha value is -2.12. The molecule has 1 fully saturated rings. The van der Waals surface area contributed by atoms with E-state index in [1.54, 1.807) is 0 Å². The van der Waals surface area contributed by atoms with Gasteiger partial charge in [-0.3, -0.25) is 9.89 Å². The van der Waals surface area contributed by atoms with Crippen LogP contribution in [0.4, 0.5) is 19.0 Å². The molecule has 1 aliphatic rings. The van der Waals surface area contributed by atoms with E-state index in [-0.39, 0.29) is 23.3 Å². The van der Waals surface area contributed by atoms with Crippen molar-refractivity contribution in [2.45, 2.75) is 19.0 Å². The molecule has 0 radical (unpaired) electrons. The first-order valence-corrected chi connectivity index (χ1v) is 5.68. The molecule has 0 unspecified atom stereocenters. The smallest absolute Gasteiger partial charge is 0.308 e. The number of pyridine rings is 1. The van der Waals surface area contributed by atoms with E-state index >= 15 is 0 Å². The minimum Gasteiger partial charge on any atom is -0.308 e. The van der Waals surface area contributed by atoms with E-state index in [4.69, 9.17) is 0 Å². The molecule has 8 heteroatoms. The number of hydrogen-bond donors (Lipinski definition) is 2. The molecule has 5 nitrogen and oxygen atoms in total. The predicted molar refractivity (Wildman–Crippen MR) is 60.2 cm³/mol. The maximum absolute atomic E-state index is 12.5. The van der Waals surface area contributed by atoms with E-state index in [9.17, 15) is 18.0 Å². The van der Waals surface area contributed by atoms with Gasteiger partial charge in [-0.15, -0.1) is 0 Å². The molecule has 1 saturated carbocycles. The van der Waals surface area contributed by atoms with Crippen LogP contribution in [0.1, 0.15) is 18.5 Å². The van der Waals surface area contributed by atoms with Crippen molar-refractivity contribution in [3.05, 3.63) is 17.8 Å². The number of fused-ring (bicyclic) bond motifs is 1. The number of aromatic nitrogens is 3. The SMILES string of the molecule is O=C(Nc1n[nH]c2nc(C(F)(F)F)ccc12)C1CC1. The number of carbonyl (C=O) groups excluding carboxylic acids is 1. The standard InChI is InChI=1S/C11H9F3N4O/c12-11(13,14)7-4-3-6-8(15-7)17-18-9(6)16-10(19)5-1-2-5/h3-5H,1-2H2,(H2,15,16,17,18,19). The molecule has 0 atom stereocenters. The van der Waals surface area contributed by atoms with Crippen LogP contribution in [-0.2, 0) is 11.0 Å². The highest BCUT2D eigenvalue weighted by Gasteiger charge is 2.33. The van der Waals surface area contributed by atoms with Crippen molar-refractivity contribution < 1.29 is 18.0 Å². The van der Waals surface area contributed by atoms with Crippen molar-refractivity contribution >= 4 is 22.8 Å². The minimum absolute atomic E-state index is 0.000854. The van der Waals surface area contributed by atoms with Crippen molar-refractivity contribution in [2.24, 2.45) is 5.92 Å². The molecule has 0 aromatic carbocycles. The van der Waals surface area contributed by atoms with Gasteiger partial charge in [0.15, 0.2) is 11.5 Å². The molecule has 2 heterocycles. The van der Waals surface area contributed by atoms with Gasteiger partial charge >= 0.3 is 6.18 Å². The molecule has 19 heavy (non-hydrogen) atoms. The Balaban J connectivity index is 1.93. The summed E-state index contributed by atoms with van der Waals surface area (Å²) in [4.78, 5) is 15.0. The highest BCUT2D eigenvalue weighted by molar-refractivity contribution is 6.00. The van der Waals surface area contributed by atoms with Gasteiger partial charge < -0.3 is 5.32 Å². The molecule has 0 saturated heterocycles. The summed E-state index contributed by atoms with van der Waals surface area (Å²) in [7, 11) is 0. The van der Waals surface area contributed by atoms with Gasteiger partial charge in [0.05, 0.1) is 5.39 Å². The van der Waals surface area contributed by atoms with Crippen LogP contribution in [-0.4, -0.2) is 21.1 Å². The fourth-order valence-corrected chi connectivity index (χ4v) is 1.72. The van der Waals surface area contributed by atoms with Gasteiger partial charge in [-0.2, -0.15) is 18.3 Å². The molecule has 2 N–H and O–H groups in total. The van der Waals surface area contributed by atoms with Crippen LogP contribution in [0, 0.1) is 5.92 Å². The Morgan fingerprint density at radius 1 is 1.37 bits per heavy atom. The Labute approximate surface area is 105 Å². The summed E-state index contributed by atoms with van der Waals surface area (Å²) in [5.41, 5.74) is -0.996. The first-order valence-electron chi connectivity index (χ1n) is 5.68. The highest BCUT2D eigenvalue weighted by atomic mass is 19.4. The summed E-state index contributed by atoms with van der Waals surface area (Å²) < 4.78 is 37.4. The third kappa shape index (κ3) is 2.25. The highest BCUT2D eigenvalue weighted by Crippen LogP contribution is 2.32. The van der Waals surface area contributed by atoms with Gasteiger partial charge in [-0.1, -0.05) is 0 Å². The molecule has 1 aliphatic carbocycles. The van der Waals surface area contributed by atoms with Crippen LogP contribution in [0.2, 0.25) is 0 Å². The van der Waals surface area contributed by atoms with Crippen LogP contribution < -0.4 is 5.32 Å². The van der Waals surface area contributed by atoms with E-state index in [1.165, 1.54) is 6.07 Å². The number of amides is 1. The first kappa shape index (κ1) is 11.9. The van der Waals surface area contributed by atoms with Gasteiger partial charge in [0.25, 0.3) is 0 Å². The fourth-order valence-electron chi connectivity index (χ4n) is 1.72. The predicted octanol–water partition coefficient (Wildman–Crippen LogP) is 2.33. The third-order valence-corrected chi connectivity index (χ3v) is 2.90. The fraction of sp³-hybridized carbons (Fsp3) is 0.364. The second-order valence-electron chi connectivity index (χ2n) is 4.43. The zero-order valence-corrected chi connectivity index (χ0v) is 9.58. The largest absolute Gasteiger partial charge is 0.433 e. The zero-order valence-electron chi connectivity index (χ0n) is 9.58. The Morgan fingerprint density at radius 2 is 2.11 bits per heavy atom. The van der Waals surface area contributed by atoms with E-state index in [1.807, 2.05) is 0 Å². The van der Waals surface area contributed by atoms with E-state index < -0.39 is 11.9 Å². The summed E-state index contributed by atoms with van der Waals surface area (Å²) in [6.07, 6.45) is -2.83. The van der Waals surface area contributed by atoms with Crippen LogP contribution in [0.25, 0.3) is 11.0 Å². The maximum Gasteiger partial charge on any atom is 0.433 e. The quantitative estimate of drug-likeness (QED) is 0.879. The maximum atomic E-state index is 12.5. The average molecular weight is 270 g/mol. The number of carbonyl (C=O) groups is 1. The average Bonchev–Trinajstić information content (AvgIpc) is 3.12. The van der Waals surface area contributed by atoms with Crippen molar-refractivity contribution in [1.29, 1.82) is 0 Å². The summed E-state index contributed by atoms with van der Waals surface area (Å²) >= 11 is 0. The summed E-state index contributed by atoms with van der Waals surface area (Å²) in [6, 6.07) is 2.11. The van der Waals surface area contributed by atoms with Crippen LogP contribution >= 0.6 is 0 Å².